The molecule has 0 saturated heterocycles. The predicted octanol–water partition coefficient (Wildman–Crippen LogP) is -5.00. The first kappa shape index (κ1) is 22.1. The number of aliphatic hydroxyl groups excluding tert-OH is 1. The summed E-state index contributed by atoms with van der Waals surface area (Å²) in [6.45, 7) is 7.32. The van der Waals surface area contributed by atoms with Crippen LogP contribution in [0.2, 0.25) is 23.5 Å². The monoisotopic (exact) mass is 456 g/mol. The summed E-state index contributed by atoms with van der Waals surface area (Å²) in [5.41, 5.74) is 3.66. The van der Waals surface area contributed by atoms with Gasteiger partial charge < -0.3 is 24.8 Å². The number of aliphatic hydroxyl groups is 1. The number of fused-ring (bicyclic) bond motifs is 2. The Labute approximate surface area is 179 Å². The van der Waals surface area contributed by atoms with Crippen LogP contribution in [0.4, 0.5) is 0 Å². The van der Waals surface area contributed by atoms with Gasteiger partial charge in [0.15, 0.2) is 0 Å². The van der Waals surface area contributed by atoms with Crippen LogP contribution in [0.5, 0.6) is 0 Å². The van der Waals surface area contributed by atoms with Crippen molar-refractivity contribution in [1.29, 1.82) is 0 Å². The minimum atomic E-state index is -1.30. The molecule has 0 spiro atoms. The molecule has 0 unspecified atom stereocenters. The van der Waals surface area contributed by atoms with Crippen molar-refractivity contribution in [3.8, 4) is 0 Å². The second kappa shape index (κ2) is 8.04. The molecule has 1 aliphatic heterocycles. The topological polar surface area (TPSA) is 37.3 Å². The van der Waals surface area contributed by atoms with Crippen LogP contribution in [0.1, 0.15) is 6.92 Å². The van der Waals surface area contributed by atoms with E-state index in [0.717, 1.165) is 11.6 Å². The number of halogens is 2. The Morgan fingerprint density at radius 1 is 1.08 bits per heavy atom. The number of carbonyl (C=O) groups is 1. The molecule has 136 valence electrons. The first-order valence-electron chi connectivity index (χ1n) is 8.62. The standard InChI is InChI=1S/C14H9OSi.C5H13OSi.2ClH.Ti/c1-7-8-4-2-3-5-9(8)12-10(7)6-11-14(16-11)13(12)15;1-7(2,3)5-4-6;;;/h2-5H,16H2,1H3;6H,1,4-5H2,2-3H3;2*1H;/q;;;;+2/p-2. The van der Waals surface area contributed by atoms with Gasteiger partial charge in [0.25, 0.3) is 0 Å². The van der Waals surface area contributed by atoms with E-state index in [4.69, 9.17) is 0 Å². The van der Waals surface area contributed by atoms with E-state index in [-0.39, 0.29) is 53.5 Å². The molecular formula is C19H22Cl2O2Si2Ti. The Hall–Kier alpha value is -0.202. The fourth-order valence-corrected chi connectivity index (χ4v) is 13.0. The van der Waals surface area contributed by atoms with Gasteiger partial charge in [0.05, 0.1) is 0 Å². The van der Waals surface area contributed by atoms with Crippen LogP contribution in [-0.2, 0) is 23.9 Å². The SMILES string of the molecule is CC1=c2ccccc2=C2C(=O)C3=C([SiH2]3)[C]([Ti+2][CH2][Si](C)(C)CCO)=C12.[Cl-].[Cl-]. The Bertz CT molecular complexity index is 964. The summed E-state index contributed by atoms with van der Waals surface area (Å²) < 4.78 is 2.93. The second-order valence-electron chi connectivity index (χ2n) is 7.75. The van der Waals surface area contributed by atoms with Crippen molar-refractivity contribution in [2.75, 3.05) is 6.61 Å². The Morgan fingerprint density at radius 2 is 1.73 bits per heavy atom. The molecule has 2 aliphatic carbocycles. The van der Waals surface area contributed by atoms with Crippen molar-refractivity contribution < 1.29 is 53.9 Å². The van der Waals surface area contributed by atoms with Crippen molar-refractivity contribution in [2.45, 2.75) is 30.4 Å². The van der Waals surface area contributed by atoms with Gasteiger partial charge in [-0.15, -0.1) is 0 Å². The van der Waals surface area contributed by atoms with E-state index in [9.17, 15) is 9.90 Å². The van der Waals surface area contributed by atoms with Crippen molar-refractivity contribution >= 4 is 34.5 Å². The van der Waals surface area contributed by atoms with Gasteiger partial charge in [0, 0.05) is 0 Å². The van der Waals surface area contributed by atoms with Crippen LogP contribution < -0.4 is 35.3 Å². The predicted molar refractivity (Wildman–Crippen MR) is 100.0 cm³/mol. The number of benzene rings is 1. The van der Waals surface area contributed by atoms with Crippen LogP contribution in [0, 0.1) is 0 Å². The molecule has 0 bridgehead atoms. The van der Waals surface area contributed by atoms with Crippen LogP contribution >= 0.6 is 0 Å². The molecule has 0 radical (unpaired) electrons. The number of allylic oxidation sites excluding steroid dienone is 4. The summed E-state index contributed by atoms with van der Waals surface area (Å²) in [5, 5.41) is 14.5. The van der Waals surface area contributed by atoms with Gasteiger partial charge in [0.2, 0.25) is 0 Å². The number of carbonyl (C=O) groups excluding carboxylic acids is 1. The van der Waals surface area contributed by atoms with E-state index in [1.165, 1.54) is 36.3 Å². The van der Waals surface area contributed by atoms with Gasteiger partial charge >= 0.3 is 155 Å². The van der Waals surface area contributed by atoms with E-state index >= 15 is 0 Å². The Kier molecular flexibility index (Phi) is 6.83. The maximum absolute atomic E-state index is 12.9. The smallest absolute Gasteiger partial charge is 1.00 e. The average molecular weight is 457 g/mol. The minimum absolute atomic E-state index is 0. The molecule has 1 heterocycles. The summed E-state index contributed by atoms with van der Waals surface area (Å²) in [5.74, 6) is 0.346. The van der Waals surface area contributed by atoms with Gasteiger partial charge in [-0.05, 0) is 0 Å². The minimum Gasteiger partial charge on any atom is -1.00 e. The Balaban J connectivity index is 0.00000121. The van der Waals surface area contributed by atoms with Gasteiger partial charge in [0.1, 0.15) is 0 Å². The summed E-state index contributed by atoms with van der Waals surface area (Å²) >= 11 is -0.226. The van der Waals surface area contributed by atoms with Crippen molar-refractivity contribution in [3.63, 3.8) is 0 Å². The molecule has 1 N–H and O–H groups in total. The summed E-state index contributed by atoms with van der Waals surface area (Å²) in [7, 11) is -1.69. The van der Waals surface area contributed by atoms with Crippen molar-refractivity contribution in [1.82, 2.24) is 0 Å². The molecule has 1 aromatic carbocycles. The molecule has 0 fully saturated rings. The van der Waals surface area contributed by atoms with E-state index in [1.807, 2.05) is 0 Å². The molecule has 0 saturated carbocycles. The van der Waals surface area contributed by atoms with Crippen LogP contribution in [0.3, 0.4) is 0 Å². The zero-order valence-electron chi connectivity index (χ0n) is 15.2. The van der Waals surface area contributed by atoms with Crippen LogP contribution in [0.15, 0.2) is 44.1 Å². The molecule has 4 rings (SSSR count). The number of Topliss-reactive ketones (excluding diaryl/α,β-unsaturated/α-hetero) is 1. The third-order valence-corrected chi connectivity index (χ3v) is 17.1. The number of hydrogen-bond donors (Lipinski definition) is 1. The van der Waals surface area contributed by atoms with Crippen molar-refractivity contribution in [3.05, 3.63) is 54.5 Å². The third-order valence-electron chi connectivity index (χ3n) is 5.40. The van der Waals surface area contributed by atoms with Crippen molar-refractivity contribution in [2.24, 2.45) is 0 Å². The summed E-state index contributed by atoms with van der Waals surface area (Å²) in [4.78, 5) is 12.9. The summed E-state index contributed by atoms with van der Waals surface area (Å²) in [6, 6.07) is 9.42. The average Bonchev–Trinajstić information content (AvgIpc) is 3.28. The number of ketones is 1. The zero-order chi connectivity index (χ0) is 17.1. The van der Waals surface area contributed by atoms with E-state index < -0.39 is 8.07 Å². The quantitative estimate of drug-likeness (QED) is 0.450. The van der Waals surface area contributed by atoms with E-state index in [0.29, 0.717) is 12.4 Å². The third kappa shape index (κ3) is 3.58. The van der Waals surface area contributed by atoms with Gasteiger partial charge in [-0.3, -0.25) is 0 Å². The molecule has 3 aliphatic rings. The normalized spacial score (nSPS) is 18.1. The molecule has 7 heteroatoms. The van der Waals surface area contributed by atoms with Crippen LogP contribution in [-0.4, -0.2) is 35.1 Å². The zero-order valence-corrected chi connectivity index (χ0v) is 20.7. The fourth-order valence-electron chi connectivity index (χ4n) is 3.84. The molecule has 26 heavy (non-hydrogen) atoms. The summed E-state index contributed by atoms with van der Waals surface area (Å²) in [6.07, 6.45) is 0. The maximum atomic E-state index is 12.9. The number of rotatable bonds is 5. The van der Waals surface area contributed by atoms with Gasteiger partial charge in [-0.2, -0.15) is 0 Å². The molecule has 0 amide bonds. The van der Waals surface area contributed by atoms with Gasteiger partial charge in [-0.1, -0.05) is 0 Å². The number of hydrogen-bond acceptors (Lipinski definition) is 2. The molecule has 0 atom stereocenters. The Morgan fingerprint density at radius 3 is 2.38 bits per heavy atom. The molecule has 2 nitrogen and oxygen atoms in total. The second-order valence-corrected chi connectivity index (χ2v) is 17.7. The molecule has 0 aromatic heterocycles. The van der Waals surface area contributed by atoms with Crippen LogP contribution in [0.25, 0.3) is 11.1 Å². The molecule has 1 aromatic rings. The fraction of sp³-hybridized carbons (Fsp3) is 0.316. The first-order chi connectivity index (χ1) is 11.4. The van der Waals surface area contributed by atoms with E-state index in [1.54, 1.807) is 3.88 Å². The maximum Gasteiger partial charge on any atom is -1.00 e. The largest absolute Gasteiger partial charge is 1.00 e. The molecular weight excluding hydrogens is 435 g/mol. The first-order valence-corrected chi connectivity index (χ1v) is 15.3. The van der Waals surface area contributed by atoms with E-state index in [2.05, 4.69) is 44.3 Å². The van der Waals surface area contributed by atoms with Gasteiger partial charge in [-0.25, -0.2) is 0 Å².